The van der Waals surface area contributed by atoms with Crippen LogP contribution in [0.1, 0.15) is 5.56 Å². The molecule has 0 bridgehead atoms. The minimum atomic E-state index is -0.514. The van der Waals surface area contributed by atoms with Crippen molar-refractivity contribution in [1.82, 2.24) is 19.2 Å². The molecule has 0 amide bonds. The van der Waals surface area contributed by atoms with Crippen molar-refractivity contribution in [2.75, 3.05) is 7.05 Å². The van der Waals surface area contributed by atoms with Crippen molar-refractivity contribution in [1.29, 1.82) is 0 Å². The SMILES string of the molecule is CN(Cc1cnn(-c2ccccc2)c1)Cn1cc([N+](=O)[O-])ccc1=O. The quantitative estimate of drug-likeness (QED) is 0.507. The summed E-state index contributed by atoms with van der Waals surface area (Å²) in [5, 5.41) is 15.2. The smallest absolute Gasteiger partial charge is 0.285 e. The van der Waals surface area contributed by atoms with E-state index in [4.69, 9.17) is 0 Å². The largest absolute Gasteiger partial charge is 0.295 e. The lowest BCUT2D eigenvalue weighted by Gasteiger charge is -2.16. The number of hydrogen-bond donors (Lipinski definition) is 0. The summed E-state index contributed by atoms with van der Waals surface area (Å²) >= 11 is 0. The van der Waals surface area contributed by atoms with Gasteiger partial charge in [-0.1, -0.05) is 18.2 Å². The standard InChI is InChI=1S/C17H17N5O3/c1-19(13-20-12-16(22(24)25)7-8-17(20)23)10-14-9-18-21(11-14)15-5-3-2-4-6-15/h2-9,11-12H,10,13H2,1H3. The Morgan fingerprint density at radius 2 is 1.92 bits per heavy atom. The first-order valence-electron chi connectivity index (χ1n) is 7.65. The van der Waals surface area contributed by atoms with E-state index in [2.05, 4.69) is 5.10 Å². The topological polar surface area (TPSA) is 86.2 Å². The molecule has 3 rings (SSSR count). The molecule has 25 heavy (non-hydrogen) atoms. The zero-order valence-corrected chi connectivity index (χ0v) is 13.6. The van der Waals surface area contributed by atoms with E-state index in [0.29, 0.717) is 6.54 Å². The number of nitro groups is 1. The minimum absolute atomic E-state index is 0.107. The summed E-state index contributed by atoms with van der Waals surface area (Å²) in [4.78, 5) is 24.1. The molecule has 0 N–H and O–H groups in total. The van der Waals surface area contributed by atoms with E-state index in [1.54, 1.807) is 10.9 Å². The second kappa shape index (κ2) is 7.10. The van der Waals surface area contributed by atoms with Gasteiger partial charge in [-0.25, -0.2) is 4.68 Å². The molecule has 0 aliphatic rings. The molecule has 1 aromatic carbocycles. The molecular formula is C17H17N5O3. The molecule has 8 heteroatoms. The van der Waals surface area contributed by atoms with Gasteiger partial charge in [0, 0.05) is 30.4 Å². The Morgan fingerprint density at radius 3 is 2.64 bits per heavy atom. The normalized spacial score (nSPS) is 11.0. The van der Waals surface area contributed by atoms with Crippen molar-refractivity contribution in [3.05, 3.63) is 87.1 Å². The van der Waals surface area contributed by atoms with Crippen LogP contribution in [0, 0.1) is 10.1 Å². The summed E-state index contributed by atoms with van der Waals surface area (Å²) < 4.78 is 3.10. The molecule has 8 nitrogen and oxygen atoms in total. The van der Waals surface area contributed by atoms with E-state index < -0.39 is 4.92 Å². The molecule has 0 aliphatic heterocycles. The van der Waals surface area contributed by atoms with Crippen molar-refractivity contribution < 1.29 is 4.92 Å². The Balaban J connectivity index is 1.70. The number of hydrogen-bond acceptors (Lipinski definition) is 5. The average molecular weight is 339 g/mol. The molecule has 0 atom stereocenters. The van der Waals surface area contributed by atoms with Crippen LogP contribution in [0.3, 0.4) is 0 Å². The Hall–Kier alpha value is -3.26. The predicted molar refractivity (Wildman–Crippen MR) is 92.4 cm³/mol. The van der Waals surface area contributed by atoms with Gasteiger partial charge in [0.25, 0.3) is 11.2 Å². The van der Waals surface area contributed by atoms with Gasteiger partial charge in [0.05, 0.1) is 29.7 Å². The van der Waals surface area contributed by atoms with Gasteiger partial charge in [-0.05, 0) is 19.2 Å². The maximum absolute atomic E-state index is 11.9. The van der Waals surface area contributed by atoms with E-state index in [-0.39, 0.29) is 17.9 Å². The second-order valence-corrected chi connectivity index (χ2v) is 5.74. The van der Waals surface area contributed by atoms with Gasteiger partial charge < -0.3 is 0 Å². The van der Waals surface area contributed by atoms with E-state index in [0.717, 1.165) is 11.3 Å². The fraction of sp³-hybridized carbons (Fsp3) is 0.176. The van der Waals surface area contributed by atoms with Crippen LogP contribution >= 0.6 is 0 Å². The van der Waals surface area contributed by atoms with Gasteiger partial charge in [-0.15, -0.1) is 0 Å². The highest BCUT2D eigenvalue weighted by molar-refractivity contribution is 5.30. The highest BCUT2D eigenvalue weighted by Gasteiger charge is 2.10. The summed E-state index contributed by atoms with van der Waals surface area (Å²) in [7, 11) is 1.84. The number of rotatable bonds is 6. The zero-order chi connectivity index (χ0) is 17.8. The number of benzene rings is 1. The van der Waals surface area contributed by atoms with E-state index in [1.807, 2.05) is 48.5 Å². The summed E-state index contributed by atoms with van der Waals surface area (Å²) in [5.74, 6) is 0. The third-order valence-electron chi connectivity index (χ3n) is 3.68. The van der Waals surface area contributed by atoms with Crippen molar-refractivity contribution in [2.45, 2.75) is 13.2 Å². The molecule has 0 spiro atoms. The van der Waals surface area contributed by atoms with Gasteiger partial charge in [0.2, 0.25) is 0 Å². The maximum atomic E-state index is 11.9. The Morgan fingerprint density at radius 1 is 1.16 bits per heavy atom. The molecule has 2 heterocycles. The van der Waals surface area contributed by atoms with Crippen molar-refractivity contribution in [2.24, 2.45) is 0 Å². The van der Waals surface area contributed by atoms with Crippen LogP contribution in [0.15, 0.2) is 65.8 Å². The molecule has 2 aromatic heterocycles. The van der Waals surface area contributed by atoms with Crippen LogP contribution < -0.4 is 5.56 Å². The fourth-order valence-electron chi connectivity index (χ4n) is 2.52. The van der Waals surface area contributed by atoms with Crippen LogP contribution in [-0.4, -0.2) is 31.2 Å². The maximum Gasteiger partial charge on any atom is 0.285 e. The highest BCUT2D eigenvalue weighted by Crippen LogP contribution is 2.10. The number of aromatic nitrogens is 3. The van der Waals surface area contributed by atoms with Crippen LogP contribution in [0.4, 0.5) is 5.69 Å². The third kappa shape index (κ3) is 3.99. The van der Waals surface area contributed by atoms with Crippen molar-refractivity contribution in [3.8, 4) is 5.69 Å². The minimum Gasteiger partial charge on any atom is -0.295 e. The van der Waals surface area contributed by atoms with Crippen molar-refractivity contribution >= 4 is 5.69 Å². The summed E-state index contributed by atoms with van der Waals surface area (Å²) in [6.45, 7) is 0.805. The van der Waals surface area contributed by atoms with Crippen LogP contribution in [0.5, 0.6) is 0 Å². The number of pyridine rings is 1. The Bertz CT molecular complexity index is 933. The van der Waals surface area contributed by atoms with Gasteiger partial charge in [-0.3, -0.25) is 24.4 Å². The Kier molecular flexibility index (Phi) is 4.71. The zero-order valence-electron chi connectivity index (χ0n) is 13.6. The first kappa shape index (κ1) is 16.6. The molecule has 128 valence electrons. The monoisotopic (exact) mass is 339 g/mol. The molecule has 0 saturated carbocycles. The first-order valence-corrected chi connectivity index (χ1v) is 7.65. The predicted octanol–water partition coefficient (Wildman–Crippen LogP) is 2.03. The lowest BCUT2D eigenvalue weighted by Crippen LogP contribution is -2.28. The molecule has 3 aromatic rings. The fourth-order valence-corrected chi connectivity index (χ4v) is 2.52. The van der Waals surface area contributed by atoms with Gasteiger partial charge >= 0.3 is 0 Å². The van der Waals surface area contributed by atoms with Crippen LogP contribution in [0.2, 0.25) is 0 Å². The van der Waals surface area contributed by atoms with E-state index in [9.17, 15) is 14.9 Å². The van der Waals surface area contributed by atoms with E-state index in [1.165, 1.54) is 22.9 Å². The average Bonchev–Trinajstić information content (AvgIpc) is 3.06. The summed E-state index contributed by atoms with van der Waals surface area (Å²) in [5.41, 5.74) is 1.55. The highest BCUT2D eigenvalue weighted by atomic mass is 16.6. The van der Waals surface area contributed by atoms with Crippen LogP contribution in [-0.2, 0) is 13.2 Å². The molecule has 0 fully saturated rings. The van der Waals surface area contributed by atoms with Gasteiger partial charge in [-0.2, -0.15) is 5.10 Å². The van der Waals surface area contributed by atoms with Gasteiger partial charge in [0.1, 0.15) is 0 Å². The van der Waals surface area contributed by atoms with Gasteiger partial charge in [0.15, 0.2) is 0 Å². The number of para-hydroxylation sites is 1. The Labute approximate surface area is 143 Å². The summed E-state index contributed by atoms with van der Waals surface area (Å²) in [6.07, 6.45) is 4.94. The number of nitrogens with zero attached hydrogens (tertiary/aromatic N) is 5. The lowest BCUT2D eigenvalue weighted by molar-refractivity contribution is -0.385. The van der Waals surface area contributed by atoms with Crippen molar-refractivity contribution in [3.63, 3.8) is 0 Å². The molecule has 0 unspecified atom stereocenters. The molecule has 0 saturated heterocycles. The van der Waals surface area contributed by atoms with E-state index >= 15 is 0 Å². The summed E-state index contributed by atoms with van der Waals surface area (Å²) in [6, 6.07) is 12.2. The molecule has 0 aliphatic carbocycles. The first-order chi connectivity index (χ1) is 12.0. The molecule has 0 radical (unpaired) electrons. The second-order valence-electron chi connectivity index (χ2n) is 5.74. The third-order valence-corrected chi connectivity index (χ3v) is 3.68. The molecular weight excluding hydrogens is 322 g/mol. The lowest BCUT2D eigenvalue weighted by atomic mass is 10.3. The van der Waals surface area contributed by atoms with Crippen LogP contribution in [0.25, 0.3) is 5.69 Å².